The molecule has 0 spiro atoms. The molecule has 0 saturated heterocycles. The lowest BCUT2D eigenvalue weighted by atomic mass is 10.0. The maximum absolute atomic E-state index is 12.7. The Balaban J connectivity index is 1.69. The largest absolute Gasteiger partial charge is 0.496 e. The Morgan fingerprint density at radius 3 is 2.10 bits per heavy atom. The van der Waals surface area contributed by atoms with Crippen LogP contribution in [-0.2, 0) is 4.79 Å². The molecule has 0 heterocycles. The molecule has 29 heavy (non-hydrogen) atoms. The van der Waals surface area contributed by atoms with Crippen molar-refractivity contribution in [2.24, 2.45) is 0 Å². The third kappa shape index (κ3) is 5.64. The summed E-state index contributed by atoms with van der Waals surface area (Å²) in [6, 6.07) is 26.5. The van der Waals surface area contributed by atoms with Gasteiger partial charge in [-0.3, -0.25) is 4.79 Å². The van der Waals surface area contributed by atoms with Gasteiger partial charge in [0.1, 0.15) is 5.75 Å². The number of hydrogen-bond acceptors (Lipinski definition) is 3. The summed E-state index contributed by atoms with van der Waals surface area (Å²) in [7, 11) is 1.66. The lowest BCUT2D eigenvalue weighted by molar-refractivity contribution is -0.119. The van der Waals surface area contributed by atoms with Crippen molar-refractivity contribution in [1.29, 1.82) is 0 Å². The lowest BCUT2D eigenvalue weighted by Crippen LogP contribution is -2.28. The van der Waals surface area contributed by atoms with Gasteiger partial charge >= 0.3 is 0 Å². The molecule has 3 rings (SSSR count). The number of methoxy groups -OCH3 is 1. The summed E-state index contributed by atoms with van der Waals surface area (Å²) in [6.07, 6.45) is 0. The molecule has 1 atom stereocenters. The molecule has 0 aliphatic heterocycles. The Bertz CT molecular complexity index is 889. The Morgan fingerprint density at radius 1 is 0.966 bits per heavy atom. The minimum Gasteiger partial charge on any atom is -0.496 e. The number of hydrogen-bond donors (Lipinski definition) is 1. The molecule has 0 bridgehead atoms. The van der Waals surface area contributed by atoms with Crippen LogP contribution in [0.25, 0.3) is 0 Å². The monoisotopic (exact) mass is 405 g/mol. The topological polar surface area (TPSA) is 38.3 Å². The van der Waals surface area contributed by atoms with Gasteiger partial charge in [-0.2, -0.15) is 0 Å². The van der Waals surface area contributed by atoms with Crippen LogP contribution in [-0.4, -0.2) is 18.8 Å². The number of aryl methyl sites for hydroxylation is 1. The third-order valence-electron chi connectivity index (χ3n) is 4.81. The van der Waals surface area contributed by atoms with E-state index in [1.807, 2.05) is 62.4 Å². The van der Waals surface area contributed by atoms with E-state index in [2.05, 4.69) is 35.6 Å². The van der Waals surface area contributed by atoms with Crippen LogP contribution >= 0.6 is 11.8 Å². The fourth-order valence-corrected chi connectivity index (χ4v) is 4.45. The molecule has 0 fully saturated rings. The number of carbonyl (C=O) groups is 1. The molecule has 3 nitrogen and oxygen atoms in total. The number of nitrogens with one attached hydrogen (secondary N) is 1. The average Bonchev–Trinajstić information content (AvgIpc) is 2.75. The van der Waals surface area contributed by atoms with Crippen molar-refractivity contribution in [2.75, 3.05) is 12.9 Å². The predicted octanol–water partition coefficient (Wildman–Crippen LogP) is 5.70. The molecule has 0 aromatic heterocycles. The SMILES string of the molecule is COc1ccc(C)cc1C(C)NC(=O)CSC(c1ccccc1)c1ccccc1. The van der Waals surface area contributed by atoms with Crippen LogP contribution in [0.5, 0.6) is 5.75 Å². The molecule has 0 aliphatic rings. The normalized spacial score (nSPS) is 11.9. The van der Waals surface area contributed by atoms with Crippen LogP contribution < -0.4 is 10.1 Å². The number of benzene rings is 3. The quantitative estimate of drug-likeness (QED) is 0.522. The van der Waals surface area contributed by atoms with Crippen molar-refractivity contribution in [2.45, 2.75) is 25.1 Å². The number of amides is 1. The maximum atomic E-state index is 12.7. The lowest BCUT2D eigenvalue weighted by Gasteiger charge is -2.20. The highest BCUT2D eigenvalue weighted by Crippen LogP contribution is 2.35. The van der Waals surface area contributed by atoms with Crippen molar-refractivity contribution in [3.8, 4) is 5.75 Å². The molecule has 3 aromatic rings. The van der Waals surface area contributed by atoms with Crippen LogP contribution in [0.2, 0.25) is 0 Å². The van der Waals surface area contributed by atoms with E-state index in [-0.39, 0.29) is 17.2 Å². The first kappa shape index (κ1) is 21.0. The van der Waals surface area contributed by atoms with Crippen molar-refractivity contribution >= 4 is 17.7 Å². The van der Waals surface area contributed by atoms with Crippen LogP contribution in [0, 0.1) is 6.92 Å². The van der Waals surface area contributed by atoms with Gasteiger partial charge in [-0.25, -0.2) is 0 Å². The van der Waals surface area contributed by atoms with Gasteiger partial charge in [0.2, 0.25) is 5.91 Å². The second-order valence-corrected chi connectivity index (χ2v) is 8.14. The second-order valence-electron chi connectivity index (χ2n) is 7.05. The number of ether oxygens (including phenoxy) is 1. The molecule has 1 amide bonds. The molecule has 1 N–H and O–H groups in total. The maximum Gasteiger partial charge on any atom is 0.230 e. The van der Waals surface area contributed by atoms with Crippen LogP contribution in [0.3, 0.4) is 0 Å². The van der Waals surface area contributed by atoms with Gasteiger partial charge in [-0.05, 0) is 31.0 Å². The first-order chi connectivity index (χ1) is 14.1. The highest BCUT2D eigenvalue weighted by atomic mass is 32.2. The zero-order valence-electron chi connectivity index (χ0n) is 17.1. The number of carbonyl (C=O) groups excluding carboxylic acids is 1. The van der Waals surface area contributed by atoms with Gasteiger partial charge in [0.05, 0.1) is 24.2 Å². The van der Waals surface area contributed by atoms with Crippen molar-refractivity contribution in [3.63, 3.8) is 0 Å². The van der Waals surface area contributed by atoms with Gasteiger partial charge in [-0.1, -0.05) is 78.4 Å². The van der Waals surface area contributed by atoms with E-state index < -0.39 is 0 Å². The van der Waals surface area contributed by atoms with Gasteiger partial charge in [0.25, 0.3) is 0 Å². The summed E-state index contributed by atoms with van der Waals surface area (Å²) >= 11 is 1.64. The van der Waals surface area contributed by atoms with Crippen LogP contribution in [0.1, 0.15) is 40.5 Å². The standard InChI is InChI=1S/C25H27NO2S/c1-18-14-15-23(28-3)22(16-18)19(2)26-24(27)17-29-25(20-10-6-4-7-11-20)21-12-8-5-9-13-21/h4-16,19,25H,17H2,1-3H3,(H,26,27). The fourth-order valence-electron chi connectivity index (χ4n) is 3.35. The molecule has 1 unspecified atom stereocenters. The molecule has 150 valence electrons. The Hall–Kier alpha value is -2.72. The Labute approximate surface area is 177 Å². The van der Waals surface area contributed by atoms with E-state index in [0.29, 0.717) is 5.75 Å². The number of thioether (sulfide) groups is 1. The Morgan fingerprint density at radius 2 is 1.55 bits per heavy atom. The minimum absolute atomic E-state index is 0.0166. The van der Waals surface area contributed by atoms with E-state index >= 15 is 0 Å². The van der Waals surface area contributed by atoms with Crippen molar-refractivity contribution in [1.82, 2.24) is 5.32 Å². The van der Waals surface area contributed by atoms with Gasteiger partial charge in [0, 0.05) is 5.56 Å². The van der Waals surface area contributed by atoms with E-state index in [0.717, 1.165) is 16.9 Å². The summed E-state index contributed by atoms with van der Waals surface area (Å²) in [5.41, 5.74) is 4.54. The van der Waals surface area contributed by atoms with E-state index in [9.17, 15) is 4.79 Å². The van der Waals surface area contributed by atoms with Gasteiger partial charge < -0.3 is 10.1 Å². The average molecular weight is 406 g/mol. The molecular weight excluding hydrogens is 378 g/mol. The summed E-state index contributed by atoms with van der Waals surface area (Å²) in [5.74, 6) is 1.19. The van der Waals surface area contributed by atoms with Crippen LogP contribution in [0.4, 0.5) is 0 Å². The highest BCUT2D eigenvalue weighted by Gasteiger charge is 2.18. The number of rotatable bonds is 8. The molecule has 0 saturated carbocycles. The smallest absolute Gasteiger partial charge is 0.230 e. The zero-order chi connectivity index (χ0) is 20.6. The molecule has 3 aromatic carbocycles. The minimum atomic E-state index is -0.121. The second kappa shape index (κ2) is 10.2. The van der Waals surface area contributed by atoms with E-state index in [1.54, 1.807) is 18.9 Å². The summed E-state index contributed by atoms with van der Waals surface area (Å²) in [4.78, 5) is 12.7. The zero-order valence-corrected chi connectivity index (χ0v) is 17.9. The molecule has 0 radical (unpaired) electrons. The third-order valence-corrected chi connectivity index (χ3v) is 6.12. The summed E-state index contributed by atoms with van der Waals surface area (Å²) in [6.45, 7) is 4.03. The molecule has 0 aliphatic carbocycles. The van der Waals surface area contributed by atoms with E-state index in [1.165, 1.54) is 11.1 Å². The summed E-state index contributed by atoms with van der Waals surface area (Å²) < 4.78 is 5.46. The molecular formula is C25H27NO2S. The first-order valence-corrected chi connectivity index (χ1v) is 10.8. The highest BCUT2D eigenvalue weighted by molar-refractivity contribution is 8.00. The summed E-state index contributed by atoms with van der Waals surface area (Å²) in [5, 5.41) is 3.23. The van der Waals surface area contributed by atoms with Crippen molar-refractivity contribution < 1.29 is 9.53 Å². The molecule has 4 heteroatoms. The van der Waals surface area contributed by atoms with E-state index in [4.69, 9.17) is 4.74 Å². The Kier molecular flexibility index (Phi) is 7.36. The van der Waals surface area contributed by atoms with Crippen molar-refractivity contribution in [3.05, 3.63) is 101 Å². The van der Waals surface area contributed by atoms with Gasteiger partial charge in [0.15, 0.2) is 0 Å². The fraction of sp³-hybridized carbons (Fsp3) is 0.240. The first-order valence-electron chi connectivity index (χ1n) is 9.74. The predicted molar refractivity (Wildman–Crippen MR) is 121 cm³/mol. The van der Waals surface area contributed by atoms with Gasteiger partial charge in [-0.15, -0.1) is 11.8 Å². The van der Waals surface area contributed by atoms with Crippen LogP contribution in [0.15, 0.2) is 78.9 Å².